The van der Waals surface area contributed by atoms with Gasteiger partial charge >= 0.3 is 6.18 Å². The molecule has 0 unspecified atom stereocenters. The van der Waals surface area contributed by atoms with E-state index in [2.05, 4.69) is 9.97 Å². The van der Waals surface area contributed by atoms with Gasteiger partial charge in [-0.25, -0.2) is 9.97 Å². The summed E-state index contributed by atoms with van der Waals surface area (Å²) in [6.07, 6.45) is -0.452. The first kappa shape index (κ1) is 13.1. The highest BCUT2D eigenvalue weighted by Gasteiger charge is 2.32. The molecule has 0 aromatic carbocycles. The molecular formula is C11H15F3N4. The molecule has 0 fully saturated rings. The maximum Gasteiger partial charge on any atom is 0.405 e. The largest absolute Gasteiger partial charge is 0.405 e. The predicted molar refractivity (Wildman–Crippen MR) is 61.4 cm³/mol. The van der Waals surface area contributed by atoms with Crippen molar-refractivity contribution in [3.63, 3.8) is 0 Å². The maximum absolute atomic E-state index is 12.5. The molecule has 4 nitrogen and oxygen atoms in total. The number of aryl methyl sites for hydroxylation is 1. The Morgan fingerprint density at radius 2 is 2.06 bits per heavy atom. The van der Waals surface area contributed by atoms with E-state index in [0.717, 1.165) is 30.5 Å². The second kappa shape index (κ2) is 5.09. The van der Waals surface area contributed by atoms with Gasteiger partial charge in [0, 0.05) is 24.3 Å². The van der Waals surface area contributed by atoms with Crippen molar-refractivity contribution in [1.82, 2.24) is 9.97 Å². The zero-order chi connectivity index (χ0) is 13.2. The molecule has 1 aromatic rings. The number of hydrogen-bond donors (Lipinski definition) is 1. The van der Waals surface area contributed by atoms with Crippen molar-refractivity contribution in [2.24, 2.45) is 5.73 Å². The number of alkyl halides is 3. The first-order chi connectivity index (χ1) is 8.51. The van der Waals surface area contributed by atoms with Crippen LogP contribution >= 0.6 is 0 Å². The van der Waals surface area contributed by atoms with E-state index >= 15 is 0 Å². The van der Waals surface area contributed by atoms with Gasteiger partial charge in [-0.1, -0.05) is 0 Å². The molecule has 0 radical (unpaired) electrons. The molecule has 100 valence electrons. The molecule has 0 bridgehead atoms. The highest BCUT2D eigenvalue weighted by Crippen LogP contribution is 2.29. The van der Waals surface area contributed by atoms with Crippen LogP contribution in [0.5, 0.6) is 0 Å². The summed E-state index contributed by atoms with van der Waals surface area (Å²) in [5, 5.41) is 0. The fourth-order valence-corrected chi connectivity index (χ4v) is 2.25. The molecule has 0 saturated heterocycles. The van der Waals surface area contributed by atoms with Gasteiger partial charge in [0.2, 0.25) is 0 Å². The third-order valence-electron chi connectivity index (χ3n) is 2.92. The van der Waals surface area contributed by atoms with Gasteiger partial charge in [-0.2, -0.15) is 13.2 Å². The number of aromatic nitrogens is 2. The second-order valence-corrected chi connectivity index (χ2v) is 4.30. The van der Waals surface area contributed by atoms with Crippen LogP contribution in [0.3, 0.4) is 0 Å². The molecule has 0 atom stereocenters. The molecule has 7 heteroatoms. The van der Waals surface area contributed by atoms with E-state index in [1.54, 1.807) is 0 Å². The van der Waals surface area contributed by atoms with Crippen LogP contribution < -0.4 is 10.6 Å². The molecule has 0 aliphatic heterocycles. The third-order valence-corrected chi connectivity index (χ3v) is 2.92. The zero-order valence-corrected chi connectivity index (χ0v) is 9.87. The Hall–Kier alpha value is -1.37. The van der Waals surface area contributed by atoms with Crippen molar-refractivity contribution in [2.75, 3.05) is 24.5 Å². The molecule has 1 aliphatic rings. The smallest absolute Gasteiger partial charge is 0.346 e. The van der Waals surface area contributed by atoms with Crippen LogP contribution in [0.4, 0.5) is 19.0 Å². The van der Waals surface area contributed by atoms with E-state index < -0.39 is 12.7 Å². The molecule has 1 heterocycles. The Balaban J connectivity index is 2.28. The maximum atomic E-state index is 12.5. The third kappa shape index (κ3) is 2.90. The average Bonchev–Trinajstić information content (AvgIpc) is 2.74. The van der Waals surface area contributed by atoms with Crippen LogP contribution in [-0.4, -0.2) is 35.8 Å². The molecule has 0 saturated carbocycles. The second-order valence-electron chi connectivity index (χ2n) is 4.30. The summed E-state index contributed by atoms with van der Waals surface area (Å²) < 4.78 is 37.6. The predicted octanol–water partition coefficient (Wildman–Crippen LogP) is 1.29. The number of nitrogens with two attached hydrogens (primary N) is 1. The quantitative estimate of drug-likeness (QED) is 0.886. The molecule has 0 spiro atoms. The minimum atomic E-state index is -4.26. The van der Waals surface area contributed by atoms with Crippen molar-refractivity contribution in [3.8, 4) is 0 Å². The lowest BCUT2D eigenvalue weighted by atomic mass is 10.2. The van der Waals surface area contributed by atoms with Crippen LogP contribution in [-0.2, 0) is 12.8 Å². The molecular weight excluding hydrogens is 245 g/mol. The molecule has 2 rings (SSSR count). The Kier molecular flexibility index (Phi) is 3.70. The van der Waals surface area contributed by atoms with E-state index in [1.165, 1.54) is 11.2 Å². The average molecular weight is 260 g/mol. The van der Waals surface area contributed by atoms with Crippen molar-refractivity contribution in [3.05, 3.63) is 17.6 Å². The first-order valence-corrected chi connectivity index (χ1v) is 5.86. The Morgan fingerprint density at radius 1 is 1.28 bits per heavy atom. The molecule has 0 amide bonds. The van der Waals surface area contributed by atoms with Gasteiger partial charge in [0.1, 0.15) is 18.7 Å². The summed E-state index contributed by atoms with van der Waals surface area (Å²) in [6.45, 7) is -0.717. The van der Waals surface area contributed by atoms with Crippen molar-refractivity contribution >= 4 is 5.82 Å². The minimum Gasteiger partial charge on any atom is -0.346 e. The van der Waals surface area contributed by atoms with Gasteiger partial charge in [-0.3, -0.25) is 0 Å². The van der Waals surface area contributed by atoms with Crippen LogP contribution in [0.2, 0.25) is 0 Å². The number of fused-ring (bicyclic) bond motifs is 1. The zero-order valence-electron chi connectivity index (χ0n) is 9.87. The van der Waals surface area contributed by atoms with Crippen molar-refractivity contribution < 1.29 is 13.2 Å². The summed E-state index contributed by atoms with van der Waals surface area (Å²) in [4.78, 5) is 9.32. The Morgan fingerprint density at radius 3 is 2.72 bits per heavy atom. The number of anilines is 1. The summed E-state index contributed by atoms with van der Waals surface area (Å²) in [5.41, 5.74) is 7.09. The molecule has 1 aliphatic carbocycles. The SMILES string of the molecule is NCCN(CC(F)(F)F)c1ncnc2c1CCC2. The van der Waals surface area contributed by atoms with Crippen LogP contribution in [0.15, 0.2) is 6.33 Å². The van der Waals surface area contributed by atoms with Gasteiger partial charge in [-0.15, -0.1) is 0 Å². The van der Waals surface area contributed by atoms with E-state index in [4.69, 9.17) is 5.73 Å². The van der Waals surface area contributed by atoms with Gasteiger partial charge in [-0.05, 0) is 19.3 Å². The monoisotopic (exact) mass is 260 g/mol. The van der Waals surface area contributed by atoms with E-state index in [1.807, 2.05) is 0 Å². The van der Waals surface area contributed by atoms with E-state index in [0.29, 0.717) is 5.82 Å². The van der Waals surface area contributed by atoms with E-state index in [9.17, 15) is 13.2 Å². The van der Waals surface area contributed by atoms with Crippen LogP contribution in [0.1, 0.15) is 17.7 Å². The highest BCUT2D eigenvalue weighted by molar-refractivity contribution is 5.50. The topological polar surface area (TPSA) is 55.0 Å². The number of hydrogen-bond acceptors (Lipinski definition) is 4. The van der Waals surface area contributed by atoms with Gasteiger partial charge in [0.05, 0.1) is 0 Å². The van der Waals surface area contributed by atoms with Crippen LogP contribution in [0, 0.1) is 0 Å². The summed E-state index contributed by atoms with van der Waals surface area (Å²) >= 11 is 0. The lowest BCUT2D eigenvalue weighted by Gasteiger charge is -2.26. The van der Waals surface area contributed by atoms with Gasteiger partial charge in [0.25, 0.3) is 0 Å². The summed E-state index contributed by atoms with van der Waals surface area (Å²) in [5.74, 6) is 0.389. The summed E-state index contributed by atoms with van der Waals surface area (Å²) in [7, 11) is 0. The number of nitrogens with zero attached hydrogens (tertiary/aromatic N) is 3. The number of halogens is 3. The first-order valence-electron chi connectivity index (χ1n) is 5.86. The van der Waals surface area contributed by atoms with Gasteiger partial charge < -0.3 is 10.6 Å². The lowest BCUT2D eigenvalue weighted by molar-refractivity contribution is -0.119. The fourth-order valence-electron chi connectivity index (χ4n) is 2.25. The Labute approximate surface area is 103 Å². The highest BCUT2D eigenvalue weighted by atomic mass is 19.4. The van der Waals surface area contributed by atoms with Gasteiger partial charge in [0.15, 0.2) is 0 Å². The standard InChI is InChI=1S/C11H15F3N4/c12-11(13,14)6-18(5-4-15)10-8-2-1-3-9(8)16-7-17-10/h7H,1-6,15H2. The Bertz CT molecular complexity index is 419. The molecule has 18 heavy (non-hydrogen) atoms. The van der Waals surface area contributed by atoms with Crippen molar-refractivity contribution in [1.29, 1.82) is 0 Å². The normalized spacial score (nSPS) is 14.7. The van der Waals surface area contributed by atoms with Crippen molar-refractivity contribution in [2.45, 2.75) is 25.4 Å². The number of rotatable bonds is 4. The summed E-state index contributed by atoms with van der Waals surface area (Å²) in [6, 6.07) is 0. The fraction of sp³-hybridized carbons (Fsp3) is 0.636. The lowest BCUT2D eigenvalue weighted by Crippen LogP contribution is -2.38. The van der Waals surface area contributed by atoms with Crippen LogP contribution in [0.25, 0.3) is 0 Å². The minimum absolute atomic E-state index is 0.142. The molecule has 1 aromatic heterocycles. The van der Waals surface area contributed by atoms with E-state index in [-0.39, 0.29) is 13.1 Å². The molecule has 2 N–H and O–H groups in total.